The fraction of sp³-hybridized carbons (Fsp3) is 0.318. The number of benzene rings is 2. The molecule has 0 atom stereocenters. The van der Waals surface area contributed by atoms with Crippen LogP contribution in [0.5, 0.6) is 0 Å². The van der Waals surface area contributed by atoms with Crippen LogP contribution in [0.15, 0.2) is 53.4 Å². The zero-order chi connectivity index (χ0) is 19.6. The third-order valence-corrected chi connectivity index (χ3v) is 7.53. The van der Waals surface area contributed by atoms with Gasteiger partial charge in [0.1, 0.15) is 0 Å². The van der Waals surface area contributed by atoms with E-state index >= 15 is 0 Å². The van der Waals surface area contributed by atoms with E-state index in [1.165, 1.54) is 5.56 Å². The van der Waals surface area contributed by atoms with Crippen molar-refractivity contribution in [3.63, 3.8) is 0 Å². The average Bonchev–Trinajstić information content (AvgIpc) is 2.74. The van der Waals surface area contributed by atoms with Crippen LogP contribution in [-0.4, -0.2) is 43.8 Å². The van der Waals surface area contributed by atoms with Crippen LogP contribution in [0.4, 0.5) is 0 Å². The Kier molecular flexibility index (Phi) is 5.31. The Balaban J connectivity index is 1.40. The summed E-state index contributed by atoms with van der Waals surface area (Å²) in [5.74, 6) is 0. The van der Waals surface area contributed by atoms with E-state index in [-0.39, 0.29) is 0 Å². The number of allylic oxidation sites excluding steroid dienone is 1. The van der Waals surface area contributed by atoms with E-state index in [1.807, 2.05) is 48.5 Å². The zero-order valence-electron chi connectivity index (χ0n) is 15.7. The summed E-state index contributed by atoms with van der Waals surface area (Å²) in [4.78, 5) is 2.80. The van der Waals surface area contributed by atoms with E-state index in [0.29, 0.717) is 43.1 Å². The van der Waals surface area contributed by atoms with Crippen LogP contribution >= 0.6 is 0 Å². The molecular weight excluding hydrogens is 370 g/mol. The highest BCUT2D eigenvalue weighted by Crippen LogP contribution is 2.29. The molecule has 144 valence electrons. The molecular formula is C22H23N3O2S. The third-order valence-electron chi connectivity index (χ3n) is 5.50. The first kappa shape index (κ1) is 18.9. The summed E-state index contributed by atoms with van der Waals surface area (Å²) in [6, 6.07) is 17.7. The maximum Gasteiger partial charge on any atom is 0.239 e. The SMILES string of the molecule is N#Cc1ccc(CN2CCN(S(=O)(=O)C3=Cc4ccccc4CC3)CC2)cc1. The second-order valence-corrected chi connectivity index (χ2v) is 9.29. The van der Waals surface area contributed by atoms with E-state index < -0.39 is 10.0 Å². The Morgan fingerprint density at radius 3 is 2.36 bits per heavy atom. The number of nitriles is 1. The molecule has 0 amide bonds. The smallest absolute Gasteiger partial charge is 0.239 e. The summed E-state index contributed by atoms with van der Waals surface area (Å²) in [7, 11) is -3.40. The van der Waals surface area contributed by atoms with Crippen molar-refractivity contribution in [1.29, 1.82) is 5.26 Å². The lowest BCUT2D eigenvalue weighted by Gasteiger charge is -2.35. The number of aryl methyl sites for hydroxylation is 1. The predicted molar refractivity (Wildman–Crippen MR) is 110 cm³/mol. The second kappa shape index (κ2) is 7.88. The van der Waals surface area contributed by atoms with Gasteiger partial charge in [0.2, 0.25) is 10.0 Å². The molecule has 0 radical (unpaired) electrons. The molecule has 0 N–H and O–H groups in total. The van der Waals surface area contributed by atoms with Crippen molar-refractivity contribution in [2.75, 3.05) is 26.2 Å². The second-order valence-electron chi connectivity index (χ2n) is 7.30. The molecule has 0 unspecified atom stereocenters. The summed E-state index contributed by atoms with van der Waals surface area (Å²) in [5.41, 5.74) is 4.03. The van der Waals surface area contributed by atoms with Gasteiger partial charge in [0.15, 0.2) is 0 Å². The molecule has 0 aromatic heterocycles. The van der Waals surface area contributed by atoms with Gasteiger partial charge in [-0.25, -0.2) is 8.42 Å². The maximum absolute atomic E-state index is 13.1. The quantitative estimate of drug-likeness (QED) is 0.801. The van der Waals surface area contributed by atoms with Crippen molar-refractivity contribution < 1.29 is 8.42 Å². The Labute approximate surface area is 166 Å². The van der Waals surface area contributed by atoms with Gasteiger partial charge < -0.3 is 0 Å². The molecule has 2 aliphatic rings. The first-order valence-corrected chi connectivity index (χ1v) is 11.0. The summed E-state index contributed by atoms with van der Waals surface area (Å²) < 4.78 is 27.8. The molecule has 2 aromatic rings. The standard InChI is InChI=1S/C22H23N3O2S/c23-16-18-5-7-19(8-6-18)17-24-11-13-25(14-12-24)28(26,27)22-10-9-20-3-1-2-4-21(20)15-22/h1-8,15H,9-14,17H2. The molecule has 1 aliphatic carbocycles. The number of piperazine rings is 1. The number of nitrogens with zero attached hydrogens (tertiary/aromatic N) is 3. The van der Waals surface area contributed by atoms with Gasteiger partial charge in [0.25, 0.3) is 0 Å². The van der Waals surface area contributed by atoms with Crippen LogP contribution in [0, 0.1) is 11.3 Å². The minimum atomic E-state index is -3.40. The summed E-state index contributed by atoms with van der Waals surface area (Å²) >= 11 is 0. The van der Waals surface area contributed by atoms with Crippen molar-refractivity contribution in [3.8, 4) is 6.07 Å². The fourth-order valence-electron chi connectivity index (χ4n) is 3.85. The molecule has 4 rings (SSSR count). The van der Waals surface area contributed by atoms with Crippen molar-refractivity contribution in [3.05, 3.63) is 75.7 Å². The van der Waals surface area contributed by atoms with Crippen molar-refractivity contribution >= 4 is 16.1 Å². The Morgan fingerprint density at radius 1 is 0.929 bits per heavy atom. The zero-order valence-corrected chi connectivity index (χ0v) is 16.5. The van der Waals surface area contributed by atoms with Gasteiger partial charge in [-0.2, -0.15) is 9.57 Å². The average molecular weight is 394 g/mol. The lowest BCUT2D eigenvalue weighted by Crippen LogP contribution is -2.48. The summed E-state index contributed by atoms with van der Waals surface area (Å²) in [6.07, 6.45) is 3.20. The van der Waals surface area contributed by atoms with Crippen molar-refractivity contribution in [2.45, 2.75) is 19.4 Å². The monoisotopic (exact) mass is 393 g/mol. The highest BCUT2D eigenvalue weighted by atomic mass is 32.2. The van der Waals surface area contributed by atoms with Gasteiger partial charge in [-0.1, -0.05) is 36.4 Å². The predicted octanol–water partition coefficient (Wildman–Crippen LogP) is 2.99. The molecule has 6 heteroatoms. The van der Waals surface area contributed by atoms with E-state index in [0.717, 1.165) is 24.1 Å². The molecule has 1 fully saturated rings. The number of fused-ring (bicyclic) bond motifs is 1. The van der Waals surface area contributed by atoms with Crippen molar-refractivity contribution in [2.24, 2.45) is 0 Å². The molecule has 1 aliphatic heterocycles. The Hall–Kier alpha value is -2.46. The van der Waals surface area contributed by atoms with Gasteiger partial charge in [-0.15, -0.1) is 0 Å². The van der Waals surface area contributed by atoms with Crippen LogP contribution in [-0.2, 0) is 23.0 Å². The minimum Gasteiger partial charge on any atom is -0.296 e. The molecule has 2 aromatic carbocycles. The number of hydrogen-bond donors (Lipinski definition) is 0. The van der Waals surface area contributed by atoms with E-state index in [4.69, 9.17) is 5.26 Å². The molecule has 1 saturated heterocycles. The van der Waals surface area contributed by atoms with E-state index in [9.17, 15) is 8.42 Å². The van der Waals surface area contributed by atoms with Gasteiger partial charge in [0.05, 0.1) is 16.5 Å². The van der Waals surface area contributed by atoms with Crippen LogP contribution in [0.1, 0.15) is 28.7 Å². The fourth-order valence-corrected chi connectivity index (χ4v) is 5.46. The van der Waals surface area contributed by atoms with Crippen molar-refractivity contribution in [1.82, 2.24) is 9.21 Å². The van der Waals surface area contributed by atoms with E-state index in [1.54, 1.807) is 4.31 Å². The lowest BCUT2D eigenvalue weighted by molar-refractivity contribution is 0.182. The van der Waals surface area contributed by atoms with Crippen LogP contribution in [0.25, 0.3) is 6.08 Å². The number of hydrogen-bond acceptors (Lipinski definition) is 4. The Bertz CT molecular complexity index is 1030. The highest BCUT2D eigenvalue weighted by molar-refractivity contribution is 7.93. The van der Waals surface area contributed by atoms with Crippen LogP contribution in [0.2, 0.25) is 0 Å². The van der Waals surface area contributed by atoms with Gasteiger partial charge in [-0.3, -0.25) is 4.90 Å². The van der Waals surface area contributed by atoms with E-state index in [2.05, 4.69) is 17.0 Å². The first-order valence-electron chi connectivity index (χ1n) is 9.56. The molecule has 1 heterocycles. The van der Waals surface area contributed by atoms with Gasteiger partial charge in [-0.05, 0) is 47.7 Å². The lowest BCUT2D eigenvalue weighted by atomic mass is 9.98. The maximum atomic E-state index is 13.1. The van der Waals surface area contributed by atoms with Gasteiger partial charge in [0, 0.05) is 32.7 Å². The molecule has 5 nitrogen and oxygen atoms in total. The Morgan fingerprint density at radius 2 is 1.64 bits per heavy atom. The number of rotatable bonds is 4. The van der Waals surface area contributed by atoms with Crippen LogP contribution < -0.4 is 0 Å². The highest BCUT2D eigenvalue weighted by Gasteiger charge is 2.31. The molecule has 0 saturated carbocycles. The summed E-state index contributed by atoms with van der Waals surface area (Å²) in [6.45, 7) is 3.22. The van der Waals surface area contributed by atoms with Gasteiger partial charge >= 0.3 is 0 Å². The largest absolute Gasteiger partial charge is 0.296 e. The first-order chi connectivity index (χ1) is 13.6. The third kappa shape index (κ3) is 3.88. The topological polar surface area (TPSA) is 64.4 Å². The minimum absolute atomic E-state index is 0.512. The molecule has 0 spiro atoms. The molecule has 28 heavy (non-hydrogen) atoms. The van der Waals surface area contributed by atoms with Crippen LogP contribution in [0.3, 0.4) is 0 Å². The summed E-state index contributed by atoms with van der Waals surface area (Å²) in [5, 5.41) is 8.89. The normalized spacial score (nSPS) is 18.2. The number of sulfonamides is 1. The molecule has 0 bridgehead atoms.